The van der Waals surface area contributed by atoms with Gasteiger partial charge in [-0.25, -0.2) is 0 Å². The Balaban J connectivity index is 1.52. The number of thiophene rings is 1. The molecule has 27 heavy (non-hydrogen) atoms. The molecule has 136 valence electrons. The summed E-state index contributed by atoms with van der Waals surface area (Å²) in [6, 6.07) is 22.5. The molecule has 1 N–H and O–H groups in total. The highest BCUT2D eigenvalue weighted by atomic mass is 35.5. The Morgan fingerprint density at radius 3 is 2.44 bits per heavy atom. The van der Waals surface area contributed by atoms with Gasteiger partial charge in [0.15, 0.2) is 0 Å². The Labute approximate surface area is 168 Å². The van der Waals surface area contributed by atoms with E-state index in [9.17, 15) is 0 Å². The van der Waals surface area contributed by atoms with Crippen LogP contribution >= 0.6 is 22.9 Å². The normalized spacial score (nSPS) is 11.0. The molecule has 2 heterocycles. The van der Waals surface area contributed by atoms with E-state index in [2.05, 4.69) is 53.3 Å². The summed E-state index contributed by atoms with van der Waals surface area (Å²) in [7, 11) is 0. The molecule has 5 heteroatoms. The van der Waals surface area contributed by atoms with E-state index >= 15 is 0 Å². The number of nitrogens with zero attached hydrogens (tertiary/aromatic N) is 2. The summed E-state index contributed by atoms with van der Waals surface area (Å²) < 4.78 is 2.02. The molecule has 0 saturated heterocycles. The van der Waals surface area contributed by atoms with Crippen LogP contribution < -0.4 is 5.32 Å². The van der Waals surface area contributed by atoms with Crippen LogP contribution in [0.25, 0.3) is 10.6 Å². The first-order chi connectivity index (χ1) is 13.3. The number of aromatic nitrogens is 2. The standard InChI is InChI=1S/C22H20ClN3S/c23-20-10-5-4-9-18(20)13-24-14-19-16-26(15-17-7-2-1-3-8-17)25-22(19)21-11-6-12-27-21/h1-12,16,24H,13-15H2. The summed E-state index contributed by atoms with van der Waals surface area (Å²) in [6.45, 7) is 2.24. The third-order valence-electron chi connectivity index (χ3n) is 4.37. The fraction of sp³-hybridized carbons (Fsp3) is 0.136. The molecular weight excluding hydrogens is 374 g/mol. The van der Waals surface area contributed by atoms with E-state index in [1.807, 2.05) is 35.0 Å². The lowest BCUT2D eigenvalue weighted by atomic mass is 10.2. The highest BCUT2D eigenvalue weighted by molar-refractivity contribution is 7.13. The molecule has 2 aromatic heterocycles. The van der Waals surface area contributed by atoms with E-state index in [1.165, 1.54) is 16.0 Å². The van der Waals surface area contributed by atoms with Crippen molar-refractivity contribution in [1.29, 1.82) is 0 Å². The molecule has 2 aromatic carbocycles. The Morgan fingerprint density at radius 1 is 0.889 bits per heavy atom. The van der Waals surface area contributed by atoms with Gasteiger partial charge in [0.25, 0.3) is 0 Å². The average Bonchev–Trinajstić information content (AvgIpc) is 3.34. The Bertz CT molecular complexity index is 994. The van der Waals surface area contributed by atoms with Crippen LogP contribution in [-0.2, 0) is 19.6 Å². The number of rotatable bonds is 7. The minimum Gasteiger partial charge on any atom is -0.308 e. The summed E-state index contributed by atoms with van der Waals surface area (Å²) in [5, 5.41) is 11.2. The smallest absolute Gasteiger partial charge is 0.107 e. The van der Waals surface area contributed by atoms with E-state index in [4.69, 9.17) is 16.7 Å². The van der Waals surface area contributed by atoms with Crippen LogP contribution in [0.1, 0.15) is 16.7 Å². The van der Waals surface area contributed by atoms with Crippen molar-refractivity contribution in [1.82, 2.24) is 15.1 Å². The molecule has 4 rings (SSSR count). The van der Waals surface area contributed by atoms with Crippen LogP contribution in [-0.4, -0.2) is 9.78 Å². The molecular formula is C22H20ClN3S. The van der Waals surface area contributed by atoms with Crippen LogP contribution in [0.3, 0.4) is 0 Å². The topological polar surface area (TPSA) is 29.9 Å². The maximum atomic E-state index is 6.26. The van der Waals surface area contributed by atoms with E-state index in [0.29, 0.717) is 0 Å². The predicted octanol–water partition coefficient (Wildman–Crippen LogP) is 5.60. The zero-order valence-electron chi connectivity index (χ0n) is 14.8. The summed E-state index contributed by atoms with van der Waals surface area (Å²) in [4.78, 5) is 1.19. The molecule has 0 atom stereocenters. The van der Waals surface area contributed by atoms with Gasteiger partial charge in [-0.3, -0.25) is 4.68 Å². The van der Waals surface area contributed by atoms with E-state index < -0.39 is 0 Å². The van der Waals surface area contributed by atoms with Crippen molar-refractivity contribution < 1.29 is 0 Å². The molecule has 0 spiro atoms. The van der Waals surface area contributed by atoms with Crippen LogP contribution in [0.2, 0.25) is 5.02 Å². The molecule has 0 aliphatic heterocycles. The van der Waals surface area contributed by atoms with Crippen LogP contribution in [0.4, 0.5) is 0 Å². The van der Waals surface area contributed by atoms with Gasteiger partial charge in [-0.15, -0.1) is 11.3 Å². The molecule has 0 unspecified atom stereocenters. The highest BCUT2D eigenvalue weighted by Gasteiger charge is 2.12. The molecule has 0 aliphatic rings. The van der Waals surface area contributed by atoms with Gasteiger partial charge in [0.05, 0.1) is 11.4 Å². The lowest BCUT2D eigenvalue weighted by Crippen LogP contribution is -2.13. The van der Waals surface area contributed by atoms with Crippen molar-refractivity contribution in [2.75, 3.05) is 0 Å². The van der Waals surface area contributed by atoms with Crippen molar-refractivity contribution in [3.8, 4) is 10.6 Å². The minimum atomic E-state index is 0.730. The van der Waals surface area contributed by atoms with Crippen LogP contribution in [0, 0.1) is 0 Å². The average molecular weight is 394 g/mol. The Kier molecular flexibility index (Phi) is 5.68. The first-order valence-corrected chi connectivity index (χ1v) is 10.1. The monoisotopic (exact) mass is 393 g/mol. The van der Waals surface area contributed by atoms with Crippen molar-refractivity contribution >= 4 is 22.9 Å². The van der Waals surface area contributed by atoms with E-state index in [1.54, 1.807) is 11.3 Å². The minimum absolute atomic E-state index is 0.730. The lowest BCUT2D eigenvalue weighted by Gasteiger charge is -2.06. The fourth-order valence-electron chi connectivity index (χ4n) is 3.04. The number of hydrogen-bond donors (Lipinski definition) is 1. The summed E-state index contributed by atoms with van der Waals surface area (Å²) in [6.07, 6.45) is 2.14. The third kappa shape index (κ3) is 4.48. The molecule has 0 bridgehead atoms. The van der Waals surface area contributed by atoms with Gasteiger partial charge >= 0.3 is 0 Å². The molecule has 0 aliphatic carbocycles. The Hall–Kier alpha value is -2.40. The molecule has 0 fully saturated rings. The van der Waals surface area contributed by atoms with Gasteiger partial charge in [0, 0.05) is 29.9 Å². The first kappa shape index (κ1) is 18.0. The predicted molar refractivity (Wildman–Crippen MR) is 113 cm³/mol. The van der Waals surface area contributed by atoms with Gasteiger partial charge < -0.3 is 5.32 Å². The van der Waals surface area contributed by atoms with E-state index in [-0.39, 0.29) is 0 Å². The lowest BCUT2D eigenvalue weighted by molar-refractivity contribution is 0.678. The molecule has 0 amide bonds. The highest BCUT2D eigenvalue weighted by Crippen LogP contribution is 2.27. The van der Waals surface area contributed by atoms with Gasteiger partial charge in [0.2, 0.25) is 0 Å². The van der Waals surface area contributed by atoms with Gasteiger partial charge in [-0.1, -0.05) is 66.2 Å². The molecule has 4 aromatic rings. The fourth-order valence-corrected chi connectivity index (χ4v) is 3.98. The summed E-state index contributed by atoms with van der Waals surface area (Å²) in [5.74, 6) is 0. The quantitative estimate of drug-likeness (QED) is 0.442. The second-order valence-electron chi connectivity index (χ2n) is 6.36. The van der Waals surface area contributed by atoms with Gasteiger partial charge in [0.1, 0.15) is 5.69 Å². The molecule has 0 saturated carbocycles. The number of nitrogens with one attached hydrogen (secondary N) is 1. The Morgan fingerprint density at radius 2 is 1.67 bits per heavy atom. The zero-order valence-corrected chi connectivity index (χ0v) is 16.4. The number of hydrogen-bond acceptors (Lipinski definition) is 3. The van der Waals surface area contributed by atoms with Crippen molar-refractivity contribution in [2.24, 2.45) is 0 Å². The molecule has 0 radical (unpaired) electrons. The second-order valence-corrected chi connectivity index (χ2v) is 7.71. The first-order valence-electron chi connectivity index (χ1n) is 8.88. The third-order valence-corrected chi connectivity index (χ3v) is 5.61. The van der Waals surface area contributed by atoms with Gasteiger partial charge in [-0.2, -0.15) is 5.10 Å². The van der Waals surface area contributed by atoms with Crippen molar-refractivity contribution in [3.63, 3.8) is 0 Å². The molecule has 3 nitrogen and oxygen atoms in total. The van der Waals surface area contributed by atoms with Gasteiger partial charge in [-0.05, 0) is 28.6 Å². The zero-order chi connectivity index (χ0) is 18.5. The number of halogens is 1. The summed E-state index contributed by atoms with van der Waals surface area (Å²) in [5.41, 5.74) is 4.59. The second kappa shape index (κ2) is 8.53. The SMILES string of the molecule is Clc1ccccc1CNCc1cn(Cc2ccccc2)nc1-c1cccs1. The van der Waals surface area contributed by atoms with Crippen LogP contribution in [0.5, 0.6) is 0 Å². The van der Waals surface area contributed by atoms with E-state index in [0.717, 1.165) is 35.9 Å². The van der Waals surface area contributed by atoms with Crippen molar-refractivity contribution in [2.45, 2.75) is 19.6 Å². The summed E-state index contributed by atoms with van der Waals surface area (Å²) >= 11 is 7.98. The van der Waals surface area contributed by atoms with Crippen LogP contribution in [0.15, 0.2) is 78.3 Å². The largest absolute Gasteiger partial charge is 0.308 e. The maximum Gasteiger partial charge on any atom is 0.107 e. The number of benzene rings is 2. The van der Waals surface area contributed by atoms with Crippen molar-refractivity contribution in [3.05, 3.63) is 100 Å². The maximum absolute atomic E-state index is 6.26.